The van der Waals surface area contributed by atoms with E-state index in [1.807, 2.05) is 24.3 Å². The fraction of sp³-hybridized carbons (Fsp3) is 0.286. The Kier molecular flexibility index (Phi) is 4.99. The van der Waals surface area contributed by atoms with Gasteiger partial charge in [0.2, 0.25) is 0 Å². The van der Waals surface area contributed by atoms with E-state index in [9.17, 15) is 4.79 Å². The number of benzene rings is 2. The van der Waals surface area contributed by atoms with Crippen molar-refractivity contribution in [2.24, 2.45) is 0 Å². The molecule has 0 aromatic heterocycles. The van der Waals surface area contributed by atoms with Crippen LogP contribution in [0.15, 0.2) is 66.7 Å². The summed E-state index contributed by atoms with van der Waals surface area (Å²) in [7, 11) is 1.59. The summed E-state index contributed by atoms with van der Waals surface area (Å²) in [6.45, 7) is 0.623. The first kappa shape index (κ1) is 16.3. The first-order valence-electron chi connectivity index (χ1n) is 8.37. The first-order chi connectivity index (χ1) is 11.7. The predicted molar refractivity (Wildman–Crippen MR) is 96.4 cm³/mol. The standard InChI is InChI=1S/C21H23NO2/c1-24-19-13-7-6-12-18(19)20(23)22-16-21(14-8-3-9-15-21)17-10-4-2-5-11-17/h2-8,10-13H,9,14-16H2,1H3,(H,22,23)/t21-/m1/s1. The van der Waals surface area contributed by atoms with Gasteiger partial charge in [-0.2, -0.15) is 0 Å². The van der Waals surface area contributed by atoms with Crippen molar-refractivity contribution < 1.29 is 9.53 Å². The maximum atomic E-state index is 12.6. The molecule has 1 atom stereocenters. The van der Waals surface area contributed by atoms with Gasteiger partial charge in [-0.05, 0) is 37.0 Å². The van der Waals surface area contributed by atoms with Gasteiger partial charge in [0, 0.05) is 12.0 Å². The summed E-state index contributed by atoms with van der Waals surface area (Å²) in [4.78, 5) is 12.6. The number of hydrogen-bond acceptors (Lipinski definition) is 2. The minimum atomic E-state index is -0.0858. The molecule has 0 unspecified atom stereocenters. The Morgan fingerprint density at radius 1 is 1.08 bits per heavy atom. The molecular weight excluding hydrogens is 298 g/mol. The molecule has 3 heteroatoms. The normalized spacial score (nSPS) is 19.7. The van der Waals surface area contributed by atoms with E-state index in [0.717, 1.165) is 19.3 Å². The highest BCUT2D eigenvalue weighted by Crippen LogP contribution is 2.36. The number of para-hydroxylation sites is 1. The topological polar surface area (TPSA) is 38.3 Å². The summed E-state index contributed by atoms with van der Waals surface area (Å²) in [5.74, 6) is 0.518. The Labute approximate surface area is 143 Å². The molecule has 1 amide bonds. The minimum absolute atomic E-state index is 0.0340. The largest absolute Gasteiger partial charge is 0.496 e. The summed E-state index contributed by atoms with van der Waals surface area (Å²) < 4.78 is 5.30. The summed E-state index contributed by atoms with van der Waals surface area (Å²) >= 11 is 0. The maximum absolute atomic E-state index is 12.6. The summed E-state index contributed by atoms with van der Waals surface area (Å²) in [5.41, 5.74) is 1.83. The SMILES string of the molecule is COc1ccccc1C(=O)NC[C@@]1(c2ccccc2)CC=CCC1. The van der Waals surface area contributed by atoms with Crippen LogP contribution in [0, 0.1) is 0 Å². The van der Waals surface area contributed by atoms with Crippen LogP contribution in [0.25, 0.3) is 0 Å². The molecular formula is C21H23NO2. The zero-order chi connectivity index (χ0) is 16.8. The van der Waals surface area contributed by atoms with Gasteiger partial charge in [0.15, 0.2) is 0 Å². The fourth-order valence-electron chi connectivity index (χ4n) is 3.38. The van der Waals surface area contributed by atoms with E-state index in [2.05, 4.69) is 41.7 Å². The molecule has 1 N–H and O–H groups in total. The lowest BCUT2D eigenvalue weighted by Gasteiger charge is -2.36. The lowest BCUT2D eigenvalue weighted by molar-refractivity contribution is 0.0938. The van der Waals surface area contributed by atoms with E-state index in [-0.39, 0.29) is 11.3 Å². The second kappa shape index (κ2) is 7.35. The number of amides is 1. The zero-order valence-electron chi connectivity index (χ0n) is 14.0. The van der Waals surface area contributed by atoms with Crippen molar-refractivity contribution in [3.05, 3.63) is 77.9 Å². The van der Waals surface area contributed by atoms with Gasteiger partial charge in [-0.1, -0.05) is 54.6 Å². The van der Waals surface area contributed by atoms with Crippen LogP contribution < -0.4 is 10.1 Å². The predicted octanol–water partition coefficient (Wildman–Crippen LogP) is 4.10. The highest BCUT2D eigenvalue weighted by molar-refractivity contribution is 5.96. The Morgan fingerprint density at radius 2 is 1.83 bits per heavy atom. The average Bonchev–Trinajstić information content (AvgIpc) is 2.67. The number of allylic oxidation sites excluding steroid dienone is 2. The van der Waals surface area contributed by atoms with Crippen LogP contribution >= 0.6 is 0 Å². The third-order valence-corrected chi connectivity index (χ3v) is 4.79. The molecule has 1 aliphatic carbocycles. The van der Waals surface area contributed by atoms with Crippen molar-refractivity contribution in [2.75, 3.05) is 13.7 Å². The summed E-state index contributed by atoms with van der Waals surface area (Å²) in [6.07, 6.45) is 7.48. The zero-order valence-corrected chi connectivity index (χ0v) is 14.0. The van der Waals surface area contributed by atoms with Crippen molar-refractivity contribution in [3.63, 3.8) is 0 Å². The van der Waals surface area contributed by atoms with Crippen LogP contribution in [0.1, 0.15) is 35.2 Å². The van der Waals surface area contributed by atoms with Crippen molar-refractivity contribution in [2.45, 2.75) is 24.7 Å². The molecule has 24 heavy (non-hydrogen) atoms. The van der Waals surface area contributed by atoms with Gasteiger partial charge < -0.3 is 10.1 Å². The molecule has 0 spiro atoms. The second-order valence-corrected chi connectivity index (χ2v) is 6.24. The van der Waals surface area contributed by atoms with Crippen molar-refractivity contribution in [1.29, 1.82) is 0 Å². The van der Waals surface area contributed by atoms with Gasteiger partial charge in [-0.15, -0.1) is 0 Å². The van der Waals surface area contributed by atoms with E-state index in [1.54, 1.807) is 13.2 Å². The molecule has 3 nitrogen and oxygen atoms in total. The molecule has 0 heterocycles. The van der Waals surface area contributed by atoms with E-state index >= 15 is 0 Å². The number of rotatable bonds is 5. The van der Waals surface area contributed by atoms with Crippen LogP contribution in [0.4, 0.5) is 0 Å². The van der Waals surface area contributed by atoms with Crippen molar-refractivity contribution >= 4 is 5.91 Å². The van der Waals surface area contributed by atoms with Crippen molar-refractivity contribution in [3.8, 4) is 5.75 Å². The summed E-state index contributed by atoms with van der Waals surface area (Å²) in [5, 5.41) is 3.13. The highest BCUT2D eigenvalue weighted by atomic mass is 16.5. The van der Waals surface area contributed by atoms with E-state index < -0.39 is 0 Å². The van der Waals surface area contributed by atoms with Crippen molar-refractivity contribution in [1.82, 2.24) is 5.32 Å². The molecule has 2 aromatic rings. The monoisotopic (exact) mass is 321 g/mol. The van der Waals surface area contributed by atoms with Gasteiger partial charge in [0.25, 0.3) is 5.91 Å². The number of carbonyl (C=O) groups excluding carboxylic acids is 1. The maximum Gasteiger partial charge on any atom is 0.255 e. The molecule has 0 radical (unpaired) electrons. The van der Waals surface area contributed by atoms with Gasteiger partial charge in [-0.25, -0.2) is 0 Å². The Bertz CT molecular complexity index is 724. The molecule has 1 aliphatic rings. The first-order valence-corrected chi connectivity index (χ1v) is 8.37. The number of hydrogen-bond donors (Lipinski definition) is 1. The van der Waals surface area contributed by atoms with Crippen LogP contribution in [0.5, 0.6) is 5.75 Å². The van der Waals surface area contributed by atoms with Crippen LogP contribution in [0.2, 0.25) is 0 Å². The number of nitrogens with one attached hydrogen (secondary N) is 1. The van der Waals surface area contributed by atoms with Crippen LogP contribution in [0.3, 0.4) is 0 Å². The molecule has 124 valence electrons. The third-order valence-electron chi connectivity index (χ3n) is 4.79. The van der Waals surface area contributed by atoms with Gasteiger partial charge in [-0.3, -0.25) is 4.79 Å². The number of methoxy groups -OCH3 is 1. The Balaban J connectivity index is 1.79. The van der Waals surface area contributed by atoms with E-state index in [0.29, 0.717) is 17.9 Å². The quantitative estimate of drug-likeness (QED) is 0.842. The van der Waals surface area contributed by atoms with Gasteiger partial charge in [0.05, 0.1) is 12.7 Å². The second-order valence-electron chi connectivity index (χ2n) is 6.24. The van der Waals surface area contributed by atoms with E-state index in [4.69, 9.17) is 4.74 Å². The minimum Gasteiger partial charge on any atom is -0.496 e. The van der Waals surface area contributed by atoms with Gasteiger partial charge >= 0.3 is 0 Å². The summed E-state index contributed by atoms with van der Waals surface area (Å²) in [6, 6.07) is 17.8. The molecule has 0 saturated carbocycles. The Morgan fingerprint density at radius 3 is 2.54 bits per heavy atom. The molecule has 0 aliphatic heterocycles. The molecule has 3 rings (SSSR count). The lowest BCUT2D eigenvalue weighted by atomic mass is 9.71. The fourth-order valence-corrected chi connectivity index (χ4v) is 3.38. The Hall–Kier alpha value is -2.55. The van der Waals surface area contributed by atoms with Crippen LogP contribution in [-0.4, -0.2) is 19.6 Å². The smallest absolute Gasteiger partial charge is 0.255 e. The number of carbonyl (C=O) groups is 1. The molecule has 2 aromatic carbocycles. The third kappa shape index (κ3) is 3.35. The van der Waals surface area contributed by atoms with Gasteiger partial charge in [0.1, 0.15) is 5.75 Å². The van der Waals surface area contributed by atoms with E-state index in [1.165, 1.54) is 5.56 Å². The highest BCUT2D eigenvalue weighted by Gasteiger charge is 2.32. The molecule has 0 saturated heterocycles. The molecule has 0 fully saturated rings. The lowest BCUT2D eigenvalue weighted by Crippen LogP contribution is -2.41. The molecule has 0 bridgehead atoms. The average molecular weight is 321 g/mol. The number of ether oxygens (including phenoxy) is 1. The van der Waals surface area contributed by atoms with Crippen LogP contribution in [-0.2, 0) is 5.41 Å².